The van der Waals surface area contributed by atoms with Gasteiger partial charge in [-0.3, -0.25) is 9.59 Å². The summed E-state index contributed by atoms with van der Waals surface area (Å²) in [5.41, 5.74) is 1.92. The van der Waals surface area contributed by atoms with Crippen molar-refractivity contribution in [3.05, 3.63) is 64.5 Å². The van der Waals surface area contributed by atoms with Crippen LogP contribution in [-0.4, -0.2) is 23.8 Å². The van der Waals surface area contributed by atoms with E-state index in [9.17, 15) is 25.4 Å². The minimum absolute atomic E-state index is 0.0165. The molecule has 2 aliphatic heterocycles. The molecule has 1 saturated heterocycles. The Labute approximate surface area is 175 Å². The summed E-state index contributed by atoms with van der Waals surface area (Å²) in [7, 11) is 1.92. The maximum absolute atomic E-state index is 12.2. The molecule has 7 nitrogen and oxygen atoms in total. The lowest BCUT2D eigenvalue weighted by Gasteiger charge is -2.24. The standard InChI is InChI=1S/C23H19N5O2/c1-23(2)17-6-4-5-7-18(17)27(3)19(23)9-8-15(12-24)22(16(13-25)14-26)28-20(29)10-11-21(28)30/h4-9H,10-11H2,1-3H3/b15-8+,19-9+. The van der Waals surface area contributed by atoms with Gasteiger partial charge in [-0.05, 0) is 23.8 Å². The number of hydrogen-bond donors (Lipinski definition) is 0. The predicted molar refractivity (Wildman–Crippen MR) is 109 cm³/mol. The van der Waals surface area contributed by atoms with E-state index in [1.54, 1.807) is 18.2 Å². The van der Waals surface area contributed by atoms with Gasteiger partial charge >= 0.3 is 0 Å². The zero-order chi connectivity index (χ0) is 22.1. The first-order valence-corrected chi connectivity index (χ1v) is 9.34. The van der Waals surface area contributed by atoms with Crippen molar-refractivity contribution in [2.45, 2.75) is 32.1 Å². The Bertz CT molecular complexity index is 1130. The van der Waals surface area contributed by atoms with E-state index in [1.807, 2.05) is 42.3 Å². The van der Waals surface area contributed by atoms with Crippen LogP contribution >= 0.6 is 0 Å². The molecule has 0 radical (unpaired) electrons. The topological polar surface area (TPSA) is 112 Å². The number of carbonyl (C=O) groups excluding carboxylic acids is 2. The fourth-order valence-corrected chi connectivity index (χ4v) is 3.96. The first-order chi connectivity index (χ1) is 14.3. The average Bonchev–Trinajstić information content (AvgIpc) is 3.16. The van der Waals surface area contributed by atoms with Crippen LogP contribution in [-0.2, 0) is 15.0 Å². The first-order valence-electron chi connectivity index (χ1n) is 9.34. The van der Waals surface area contributed by atoms with Crippen LogP contribution in [0.4, 0.5) is 5.69 Å². The van der Waals surface area contributed by atoms with Crippen molar-refractivity contribution in [3.8, 4) is 18.2 Å². The molecule has 3 rings (SSSR count). The smallest absolute Gasteiger partial charge is 0.234 e. The molecule has 30 heavy (non-hydrogen) atoms. The lowest BCUT2D eigenvalue weighted by atomic mass is 9.83. The normalized spacial score (nSPS) is 18.7. The van der Waals surface area contributed by atoms with Gasteiger partial charge < -0.3 is 4.90 Å². The van der Waals surface area contributed by atoms with E-state index in [-0.39, 0.29) is 29.5 Å². The summed E-state index contributed by atoms with van der Waals surface area (Å²) in [6.07, 6.45) is 3.16. The summed E-state index contributed by atoms with van der Waals surface area (Å²) in [5, 5.41) is 28.5. The Morgan fingerprint density at radius 3 is 2.17 bits per heavy atom. The van der Waals surface area contributed by atoms with Crippen molar-refractivity contribution < 1.29 is 9.59 Å². The molecular weight excluding hydrogens is 378 g/mol. The largest absolute Gasteiger partial charge is 0.347 e. The third-order valence-electron chi connectivity index (χ3n) is 5.46. The highest BCUT2D eigenvalue weighted by Crippen LogP contribution is 2.46. The molecular formula is C23H19N5O2. The second-order valence-corrected chi connectivity index (χ2v) is 7.52. The molecule has 0 aromatic heterocycles. The summed E-state index contributed by atoms with van der Waals surface area (Å²) in [6.45, 7) is 4.11. The molecule has 7 heteroatoms. The molecule has 1 fully saturated rings. The third kappa shape index (κ3) is 3.15. The number of nitriles is 3. The SMILES string of the molecule is CN1/C(=C/C=C(\C#N)C(=C(C#N)C#N)N2C(=O)CCC2=O)C(C)(C)c2ccccc21. The average molecular weight is 397 g/mol. The number of fused-ring (bicyclic) bond motifs is 1. The lowest BCUT2D eigenvalue weighted by Crippen LogP contribution is -2.30. The van der Waals surface area contributed by atoms with Gasteiger partial charge in [-0.25, -0.2) is 4.90 Å². The number of nitrogens with zero attached hydrogens (tertiary/aromatic N) is 5. The van der Waals surface area contributed by atoms with Crippen LogP contribution < -0.4 is 4.90 Å². The molecule has 0 spiro atoms. The second-order valence-electron chi connectivity index (χ2n) is 7.52. The third-order valence-corrected chi connectivity index (χ3v) is 5.46. The van der Waals surface area contributed by atoms with Gasteiger partial charge in [-0.1, -0.05) is 32.0 Å². The van der Waals surface area contributed by atoms with Gasteiger partial charge in [0.25, 0.3) is 0 Å². The molecule has 2 heterocycles. The van der Waals surface area contributed by atoms with Gasteiger partial charge in [0.05, 0.1) is 11.3 Å². The van der Waals surface area contributed by atoms with Gasteiger partial charge in [-0.15, -0.1) is 0 Å². The van der Waals surface area contributed by atoms with E-state index >= 15 is 0 Å². The molecule has 0 bridgehead atoms. The molecule has 2 amide bonds. The highest BCUT2D eigenvalue weighted by Gasteiger charge is 2.38. The fourth-order valence-electron chi connectivity index (χ4n) is 3.96. The van der Waals surface area contributed by atoms with Crippen molar-refractivity contribution in [2.24, 2.45) is 0 Å². The van der Waals surface area contributed by atoms with Crippen LogP contribution in [0.3, 0.4) is 0 Å². The van der Waals surface area contributed by atoms with Crippen LogP contribution in [0.25, 0.3) is 0 Å². The molecule has 0 N–H and O–H groups in total. The van der Waals surface area contributed by atoms with E-state index < -0.39 is 17.4 Å². The number of para-hydroxylation sites is 1. The highest BCUT2D eigenvalue weighted by atomic mass is 16.2. The number of anilines is 1. The van der Waals surface area contributed by atoms with Crippen molar-refractivity contribution >= 4 is 17.5 Å². The Morgan fingerprint density at radius 1 is 1.03 bits per heavy atom. The Hall–Kier alpha value is -4.15. The van der Waals surface area contributed by atoms with Gasteiger partial charge in [0.1, 0.15) is 18.2 Å². The molecule has 0 saturated carbocycles. The summed E-state index contributed by atoms with van der Waals surface area (Å²) >= 11 is 0. The fraction of sp³-hybridized carbons (Fsp3) is 0.261. The molecule has 1 aromatic carbocycles. The number of imide groups is 1. The van der Waals surface area contributed by atoms with Gasteiger partial charge in [0.2, 0.25) is 11.8 Å². The van der Waals surface area contributed by atoms with Gasteiger partial charge in [0.15, 0.2) is 5.57 Å². The maximum atomic E-state index is 12.2. The van der Waals surface area contributed by atoms with E-state index in [1.165, 1.54) is 6.08 Å². The second kappa shape index (κ2) is 7.70. The van der Waals surface area contributed by atoms with Crippen LogP contribution in [0.1, 0.15) is 32.3 Å². The Morgan fingerprint density at radius 2 is 1.63 bits per heavy atom. The number of allylic oxidation sites excluding steroid dienone is 5. The molecule has 1 aromatic rings. The maximum Gasteiger partial charge on any atom is 0.234 e. The Balaban J connectivity index is 2.15. The van der Waals surface area contributed by atoms with Crippen molar-refractivity contribution in [2.75, 3.05) is 11.9 Å². The van der Waals surface area contributed by atoms with E-state index in [0.717, 1.165) is 21.8 Å². The predicted octanol–water partition coefficient (Wildman–Crippen LogP) is 3.20. The molecule has 0 aliphatic carbocycles. The highest BCUT2D eigenvalue weighted by molar-refractivity contribution is 6.05. The van der Waals surface area contributed by atoms with Crippen LogP contribution in [0.15, 0.2) is 59.0 Å². The summed E-state index contributed by atoms with van der Waals surface area (Å²) < 4.78 is 0. The summed E-state index contributed by atoms with van der Waals surface area (Å²) in [4.78, 5) is 27.3. The number of likely N-dealkylation sites (N-methyl/N-ethyl adjacent to an activating group) is 1. The van der Waals surface area contributed by atoms with E-state index in [0.29, 0.717) is 0 Å². The van der Waals surface area contributed by atoms with Gasteiger partial charge in [-0.2, -0.15) is 15.8 Å². The number of benzene rings is 1. The molecule has 0 unspecified atom stereocenters. The zero-order valence-electron chi connectivity index (χ0n) is 16.9. The molecule has 2 aliphatic rings. The molecule has 148 valence electrons. The number of hydrogen-bond acceptors (Lipinski definition) is 6. The van der Waals surface area contributed by atoms with Crippen molar-refractivity contribution in [1.82, 2.24) is 4.90 Å². The van der Waals surface area contributed by atoms with E-state index in [2.05, 4.69) is 13.8 Å². The number of likely N-dealkylation sites (tertiary alicyclic amines) is 1. The number of rotatable bonds is 3. The van der Waals surface area contributed by atoms with Crippen molar-refractivity contribution in [3.63, 3.8) is 0 Å². The monoisotopic (exact) mass is 397 g/mol. The van der Waals surface area contributed by atoms with Crippen LogP contribution in [0.5, 0.6) is 0 Å². The number of amides is 2. The van der Waals surface area contributed by atoms with Gasteiger partial charge in [0, 0.05) is 36.7 Å². The first kappa shape index (κ1) is 20.6. The Kier molecular flexibility index (Phi) is 5.28. The zero-order valence-corrected chi connectivity index (χ0v) is 16.9. The summed E-state index contributed by atoms with van der Waals surface area (Å²) in [5.74, 6) is -1.06. The van der Waals surface area contributed by atoms with Crippen molar-refractivity contribution in [1.29, 1.82) is 15.8 Å². The van der Waals surface area contributed by atoms with E-state index in [4.69, 9.17) is 0 Å². The lowest BCUT2D eigenvalue weighted by molar-refractivity contribution is -0.135. The summed E-state index contributed by atoms with van der Waals surface area (Å²) in [6, 6.07) is 13.3. The number of carbonyl (C=O) groups is 2. The van der Waals surface area contributed by atoms with Crippen LogP contribution in [0.2, 0.25) is 0 Å². The minimum Gasteiger partial charge on any atom is -0.347 e. The molecule has 0 atom stereocenters. The minimum atomic E-state index is -0.530. The van der Waals surface area contributed by atoms with Crippen LogP contribution in [0, 0.1) is 34.0 Å². The quantitative estimate of drug-likeness (QED) is 0.440.